The maximum absolute atomic E-state index is 13.7. The first-order valence-electron chi connectivity index (χ1n) is 30.4. The van der Waals surface area contributed by atoms with Gasteiger partial charge in [-0.3, -0.25) is 14.4 Å². The first-order valence-corrected chi connectivity index (χ1v) is 32.1. The van der Waals surface area contributed by atoms with Crippen LogP contribution < -0.4 is 20.4 Å². The van der Waals surface area contributed by atoms with E-state index in [1.54, 1.807) is 23.1 Å². The fourth-order valence-corrected chi connectivity index (χ4v) is 13.0. The summed E-state index contributed by atoms with van der Waals surface area (Å²) in [6, 6.07) is 32.3. The van der Waals surface area contributed by atoms with Gasteiger partial charge >= 0.3 is 12.1 Å². The number of anilines is 3. The van der Waals surface area contributed by atoms with Gasteiger partial charge in [0.25, 0.3) is 0 Å². The van der Waals surface area contributed by atoms with Crippen LogP contribution in [0, 0.1) is 23.0 Å². The van der Waals surface area contributed by atoms with Gasteiger partial charge in [0.05, 0.1) is 88.2 Å². The molecule has 0 aliphatic carbocycles. The molecule has 0 bridgehead atoms. The molecule has 5 unspecified atom stereocenters. The van der Waals surface area contributed by atoms with Crippen LogP contribution in [0.5, 0.6) is 0 Å². The standard InChI is InChI=1S/C39H50F2N2O8.C26H36N2O3S.C2HF3O2/c1-2-17-47-19-21-49-23-25-51-26-24-50-22-20-48-18-16-37(45)42-28-29-4-3-5-31(27-29)38-35(14-15-36(44)30-6-8-32(40)9-7-30)39(46)43(38)34-12-10-33(41)11-13-34;1-6-8-14-26(7-2)17-24(20-10-9-11-21(15-20)27-19(3)29)23-16-22(28(4)5)12-13-25(23)32(30,31)18-26;3-2(4,5)1(6)7/h3-13,27,35-36,38,44H,2,14-26,28H2,1H3,(H,42,45);9-13,15-16,24H,6-8,14,17-18H2,1-5H3,(H,27,29);(H,6,7). The Labute approximate surface area is 525 Å². The predicted octanol–water partition coefficient (Wildman–Crippen LogP) is 11.9. The number of sulfone groups is 1. The second kappa shape index (κ2) is 36.9. The van der Waals surface area contributed by atoms with Gasteiger partial charge in [0.1, 0.15) is 11.6 Å². The van der Waals surface area contributed by atoms with Gasteiger partial charge in [-0.2, -0.15) is 13.2 Å². The fourth-order valence-electron chi connectivity index (χ4n) is 10.7. The van der Waals surface area contributed by atoms with E-state index in [1.165, 1.54) is 43.3 Å². The van der Waals surface area contributed by atoms with E-state index in [1.807, 2.05) is 73.6 Å². The summed E-state index contributed by atoms with van der Waals surface area (Å²) >= 11 is 0. The van der Waals surface area contributed by atoms with Gasteiger partial charge in [0, 0.05) is 63.6 Å². The largest absolute Gasteiger partial charge is 0.490 e. The van der Waals surface area contributed by atoms with Gasteiger partial charge < -0.3 is 54.3 Å². The van der Waals surface area contributed by atoms with E-state index in [0.29, 0.717) is 88.4 Å². The molecule has 4 N–H and O–H groups in total. The zero-order chi connectivity index (χ0) is 65.9. The highest BCUT2D eigenvalue weighted by molar-refractivity contribution is 7.91. The number of alkyl halides is 3. The predicted molar refractivity (Wildman–Crippen MR) is 334 cm³/mol. The van der Waals surface area contributed by atoms with Crippen LogP contribution in [-0.4, -0.2) is 134 Å². The molecule has 494 valence electrons. The minimum absolute atomic E-state index is 0.0623. The van der Waals surface area contributed by atoms with Crippen LogP contribution in [0.4, 0.5) is 39.0 Å². The van der Waals surface area contributed by atoms with E-state index < -0.39 is 39.8 Å². The number of halogens is 5. The highest BCUT2D eigenvalue weighted by atomic mass is 32.2. The summed E-state index contributed by atoms with van der Waals surface area (Å²) in [6.45, 7) is 12.9. The number of fused-ring (bicyclic) bond motifs is 1. The third-order valence-corrected chi connectivity index (χ3v) is 17.5. The minimum atomic E-state index is -5.08. The van der Waals surface area contributed by atoms with Crippen LogP contribution in [-0.2, 0) is 59.2 Å². The molecule has 5 aromatic carbocycles. The van der Waals surface area contributed by atoms with E-state index in [-0.39, 0.29) is 59.7 Å². The number of nitrogens with zero attached hydrogens (tertiary/aromatic N) is 2. The van der Waals surface area contributed by atoms with Gasteiger partial charge in [-0.1, -0.05) is 82.1 Å². The number of aliphatic hydroxyl groups is 1. The lowest BCUT2D eigenvalue weighted by Crippen LogP contribution is -2.55. The van der Waals surface area contributed by atoms with E-state index in [0.717, 1.165) is 78.8 Å². The first-order chi connectivity index (χ1) is 42.9. The number of benzene rings is 5. The number of carboxylic acids is 1. The van der Waals surface area contributed by atoms with Crippen LogP contribution >= 0.6 is 0 Å². The molecular formula is C67H87F5N4O13S. The lowest BCUT2D eigenvalue weighted by Gasteiger charge is -2.48. The molecular weight excluding hydrogens is 1200 g/mol. The maximum atomic E-state index is 13.7. The lowest BCUT2D eigenvalue weighted by atomic mass is 9.71. The van der Waals surface area contributed by atoms with E-state index in [2.05, 4.69) is 37.5 Å². The summed E-state index contributed by atoms with van der Waals surface area (Å²) in [5, 5.41) is 23.7. The zero-order valence-electron chi connectivity index (χ0n) is 52.2. The Morgan fingerprint density at radius 1 is 0.744 bits per heavy atom. The molecule has 3 amide bonds. The molecule has 5 aromatic rings. The second-order valence-electron chi connectivity index (χ2n) is 22.4. The molecule has 0 aromatic heterocycles. The van der Waals surface area contributed by atoms with Crippen molar-refractivity contribution in [3.8, 4) is 0 Å². The molecule has 0 spiro atoms. The van der Waals surface area contributed by atoms with Crippen LogP contribution in [0.25, 0.3) is 0 Å². The number of rotatable bonds is 32. The number of hydrogen-bond acceptors (Lipinski definition) is 13. The molecule has 5 atom stereocenters. The Balaban J connectivity index is 0.000000320. The third-order valence-electron chi connectivity index (χ3n) is 15.4. The molecule has 0 saturated carbocycles. The van der Waals surface area contributed by atoms with E-state index >= 15 is 0 Å². The first kappa shape index (κ1) is 73.9. The molecule has 1 saturated heterocycles. The Bertz CT molecular complexity index is 3160. The number of ether oxygens (including phenoxy) is 5. The smallest absolute Gasteiger partial charge is 0.475 e. The minimum Gasteiger partial charge on any atom is -0.475 e. The number of aliphatic carboxylic acids is 1. The number of β-lactam (4-membered cyclic amide) rings is 1. The third kappa shape index (κ3) is 23.4. The summed E-state index contributed by atoms with van der Waals surface area (Å²) in [4.78, 5) is 50.6. The van der Waals surface area contributed by atoms with Crippen LogP contribution in [0.15, 0.2) is 120 Å². The van der Waals surface area contributed by atoms with Crippen LogP contribution in [0.3, 0.4) is 0 Å². The average molecular weight is 1280 g/mol. The lowest BCUT2D eigenvalue weighted by molar-refractivity contribution is -0.192. The second-order valence-corrected chi connectivity index (χ2v) is 24.4. The van der Waals surface area contributed by atoms with Crippen molar-refractivity contribution in [3.63, 3.8) is 0 Å². The Morgan fingerprint density at radius 2 is 1.31 bits per heavy atom. The number of carbonyl (C=O) groups is 4. The molecule has 0 radical (unpaired) electrons. The highest BCUT2D eigenvalue weighted by Gasteiger charge is 2.49. The van der Waals surface area contributed by atoms with Crippen molar-refractivity contribution in [1.82, 2.24) is 5.32 Å². The highest BCUT2D eigenvalue weighted by Crippen LogP contribution is 2.50. The van der Waals surface area contributed by atoms with Gasteiger partial charge in [-0.05, 0) is 138 Å². The molecule has 1 fully saturated rings. The molecule has 2 aliphatic heterocycles. The van der Waals surface area contributed by atoms with Crippen molar-refractivity contribution >= 4 is 50.6 Å². The van der Waals surface area contributed by atoms with Gasteiger partial charge in [-0.25, -0.2) is 22.0 Å². The number of amides is 3. The summed E-state index contributed by atoms with van der Waals surface area (Å²) in [5.41, 5.74) is 6.22. The number of hydrogen-bond donors (Lipinski definition) is 4. The van der Waals surface area contributed by atoms with Crippen LogP contribution in [0.1, 0.15) is 131 Å². The molecule has 2 aliphatic rings. The van der Waals surface area contributed by atoms with Crippen LogP contribution in [0.2, 0.25) is 0 Å². The molecule has 2 heterocycles. The summed E-state index contributed by atoms with van der Waals surface area (Å²) in [5.74, 6) is -4.25. The summed E-state index contributed by atoms with van der Waals surface area (Å²) in [7, 11) is 0.509. The monoisotopic (exact) mass is 1280 g/mol. The number of nitrogens with one attached hydrogen (secondary N) is 2. The normalized spacial score (nSPS) is 17.9. The number of aliphatic hydroxyl groups excluding tert-OH is 1. The summed E-state index contributed by atoms with van der Waals surface area (Å²) in [6.07, 6.45) is 0.506. The molecule has 7 rings (SSSR count). The van der Waals surface area contributed by atoms with Crippen molar-refractivity contribution < 1.29 is 83.4 Å². The molecule has 90 heavy (non-hydrogen) atoms. The van der Waals surface area contributed by atoms with E-state index in [4.69, 9.17) is 33.6 Å². The Kier molecular flexibility index (Phi) is 30.2. The molecule has 17 nitrogen and oxygen atoms in total. The topological polar surface area (TPSA) is 220 Å². The van der Waals surface area contributed by atoms with Crippen molar-refractivity contribution in [2.75, 3.05) is 101 Å². The van der Waals surface area contributed by atoms with Gasteiger partial charge in [0.15, 0.2) is 9.84 Å². The fraction of sp³-hybridized carbons (Fsp3) is 0.493. The van der Waals surface area contributed by atoms with Crippen molar-refractivity contribution in [2.24, 2.45) is 11.3 Å². The zero-order valence-corrected chi connectivity index (χ0v) is 53.0. The molecule has 23 heteroatoms. The van der Waals surface area contributed by atoms with Gasteiger partial charge in [0.2, 0.25) is 17.7 Å². The van der Waals surface area contributed by atoms with Crippen molar-refractivity contribution in [3.05, 3.63) is 155 Å². The van der Waals surface area contributed by atoms with Gasteiger partial charge in [-0.15, -0.1) is 0 Å². The Morgan fingerprint density at radius 3 is 1.87 bits per heavy atom. The average Bonchev–Trinajstić information content (AvgIpc) is 1.05. The number of carboxylic acid groups (broad SMARTS) is 1. The number of unbranched alkanes of at least 4 members (excludes halogenated alkanes) is 1. The quantitative estimate of drug-likeness (QED) is 0.0179. The Hall–Kier alpha value is -6.86. The number of carbonyl (C=O) groups excluding carboxylic acids is 3. The maximum Gasteiger partial charge on any atom is 0.490 e. The van der Waals surface area contributed by atoms with E-state index in [9.17, 15) is 49.9 Å². The van der Waals surface area contributed by atoms with Crippen molar-refractivity contribution in [1.29, 1.82) is 0 Å². The summed E-state index contributed by atoms with van der Waals surface area (Å²) < 4.78 is 113. The van der Waals surface area contributed by atoms with Crippen molar-refractivity contribution in [2.45, 2.75) is 121 Å². The SMILES string of the molecule is CCCCC1(CC)CC(c2cccc(NC(C)=O)c2)c2cc(N(C)C)ccc2S(=O)(=O)C1.CCCOCCOCCOCCOCCOCCC(=O)NCc1cccc(C2C(CCC(O)c3ccc(F)cc3)C(=O)N2c2ccc(F)cc2)c1.O=C(O)C(F)(F)F.